The van der Waals surface area contributed by atoms with Crippen molar-refractivity contribution in [1.82, 2.24) is 14.9 Å². The van der Waals surface area contributed by atoms with Crippen LogP contribution in [-0.2, 0) is 11.3 Å². The van der Waals surface area contributed by atoms with Gasteiger partial charge in [-0.05, 0) is 37.5 Å². The number of hydrogen-bond acceptors (Lipinski definition) is 4. The number of nitrogens with zero attached hydrogens (tertiary/aromatic N) is 2. The fourth-order valence-electron chi connectivity index (χ4n) is 2.68. The van der Waals surface area contributed by atoms with E-state index in [0.29, 0.717) is 24.5 Å². The van der Waals surface area contributed by atoms with Crippen LogP contribution in [0.2, 0.25) is 0 Å². The van der Waals surface area contributed by atoms with Crippen LogP contribution in [-0.4, -0.2) is 41.3 Å². The van der Waals surface area contributed by atoms with Crippen LogP contribution in [0.15, 0.2) is 43.0 Å². The molecule has 1 aliphatic heterocycles. The first-order chi connectivity index (χ1) is 11.8. The summed E-state index contributed by atoms with van der Waals surface area (Å²) in [5.41, 5.74) is 0.613. The van der Waals surface area contributed by atoms with Gasteiger partial charge in [0.05, 0.1) is 12.4 Å². The van der Waals surface area contributed by atoms with E-state index in [-0.39, 0.29) is 12.0 Å². The Hall–Kier alpha value is -2.34. The van der Waals surface area contributed by atoms with Gasteiger partial charge in [-0.3, -0.25) is 4.79 Å². The van der Waals surface area contributed by atoms with Gasteiger partial charge >= 0.3 is 0 Å². The molecule has 2 heterocycles. The summed E-state index contributed by atoms with van der Waals surface area (Å²) < 4.78 is 13.3. The molecular weight excluding hydrogens is 306 g/mol. The minimum absolute atomic E-state index is 0.0804. The Morgan fingerprint density at radius 3 is 3.21 bits per heavy atom. The normalized spacial score (nSPS) is 16.9. The lowest BCUT2D eigenvalue weighted by molar-refractivity contribution is 0.0679. The van der Waals surface area contributed by atoms with Crippen LogP contribution in [0.3, 0.4) is 0 Å². The highest BCUT2D eigenvalue weighted by Crippen LogP contribution is 2.17. The maximum Gasteiger partial charge on any atom is 0.251 e. The summed E-state index contributed by atoms with van der Waals surface area (Å²) >= 11 is 0. The zero-order valence-corrected chi connectivity index (χ0v) is 13.7. The van der Waals surface area contributed by atoms with Crippen LogP contribution >= 0.6 is 0 Å². The van der Waals surface area contributed by atoms with Crippen molar-refractivity contribution in [3.8, 4) is 5.75 Å². The fraction of sp³-hybridized carbons (Fsp3) is 0.444. The lowest BCUT2D eigenvalue weighted by Gasteiger charge is -2.12. The Bertz CT molecular complexity index is 637. The molecule has 1 saturated heterocycles. The number of amides is 1. The second kappa shape index (κ2) is 8.49. The van der Waals surface area contributed by atoms with Crippen molar-refractivity contribution < 1.29 is 14.3 Å². The van der Waals surface area contributed by atoms with Crippen molar-refractivity contribution in [3.05, 3.63) is 48.5 Å². The van der Waals surface area contributed by atoms with Crippen LogP contribution < -0.4 is 10.1 Å². The molecule has 2 aromatic rings. The first-order valence-corrected chi connectivity index (χ1v) is 8.40. The van der Waals surface area contributed by atoms with Crippen molar-refractivity contribution in [1.29, 1.82) is 0 Å². The van der Waals surface area contributed by atoms with Crippen molar-refractivity contribution in [2.24, 2.45) is 0 Å². The molecule has 1 amide bonds. The molecule has 24 heavy (non-hydrogen) atoms. The van der Waals surface area contributed by atoms with Gasteiger partial charge in [0, 0.05) is 37.7 Å². The Labute approximate surface area is 141 Å². The van der Waals surface area contributed by atoms with Gasteiger partial charge in [-0.2, -0.15) is 0 Å². The lowest BCUT2D eigenvalue weighted by atomic mass is 10.2. The molecule has 6 nitrogen and oxygen atoms in total. The first kappa shape index (κ1) is 16.5. The predicted octanol–water partition coefficient (Wildman–Crippen LogP) is 2.26. The minimum Gasteiger partial charge on any atom is -0.491 e. The van der Waals surface area contributed by atoms with E-state index in [1.165, 1.54) is 0 Å². The van der Waals surface area contributed by atoms with Crippen LogP contribution in [0.1, 0.15) is 29.6 Å². The van der Waals surface area contributed by atoms with Gasteiger partial charge in [-0.15, -0.1) is 0 Å². The first-order valence-electron chi connectivity index (χ1n) is 8.40. The smallest absolute Gasteiger partial charge is 0.251 e. The molecule has 1 atom stereocenters. The minimum atomic E-state index is -0.0804. The summed E-state index contributed by atoms with van der Waals surface area (Å²) in [6.07, 6.45) is 8.60. The Balaban J connectivity index is 1.42. The number of aromatic nitrogens is 2. The number of aryl methyl sites for hydroxylation is 1. The maximum atomic E-state index is 12.2. The van der Waals surface area contributed by atoms with Crippen LogP contribution in [0.25, 0.3) is 0 Å². The highest BCUT2D eigenvalue weighted by Gasteiger charge is 2.16. The summed E-state index contributed by atoms with van der Waals surface area (Å²) in [5.74, 6) is 0.625. The van der Waals surface area contributed by atoms with Gasteiger partial charge in [0.2, 0.25) is 0 Å². The number of carbonyl (C=O) groups is 1. The highest BCUT2D eigenvalue weighted by molar-refractivity contribution is 5.94. The van der Waals surface area contributed by atoms with Gasteiger partial charge in [0.15, 0.2) is 0 Å². The standard InChI is InChI=1S/C18H23N3O3/c22-18(20-7-3-9-21-10-8-19-14-21)15-4-1-5-16(12-15)24-13-17-6-2-11-23-17/h1,4-5,8,10,12,14,17H,2-3,6-7,9,11,13H2,(H,20,22)/t17-/m1/s1. The Morgan fingerprint density at radius 2 is 2.42 bits per heavy atom. The van der Waals surface area contributed by atoms with Crippen molar-refractivity contribution >= 4 is 5.91 Å². The van der Waals surface area contributed by atoms with E-state index in [4.69, 9.17) is 9.47 Å². The number of hydrogen-bond donors (Lipinski definition) is 1. The van der Waals surface area contributed by atoms with Crippen molar-refractivity contribution in [2.75, 3.05) is 19.8 Å². The van der Waals surface area contributed by atoms with E-state index in [2.05, 4.69) is 10.3 Å². The third-order valence-electron chi connectivity index (χ3n) is 3.99. The molecule has 1 aliphatic rings. The topological polar surface area (TPSA) is 65.4 Å². The fourth-order valence-corrected chi connectivity index (χ4v) is 2.68. The number of imidazole rings is 1. The summed E-state index contributed by atoms with van der Waals surface area (Å²) in [5, 5.41) is 2.93. The molecule has 1 fully saturated rings. The number of carbonyl (C=O) groups excluding carboxylic acids is 1. The number of ether oxygens (including phenoxy) is 2. The van der Waals surface area contributed by atoms with Crippen LogP contribution in [0, 0.1) is 0 Å². The van der Waals surface area contributed by atoms with Gasteiger partial charge in [-0.1, -0.05) is 6.07 Å². The molecular formula is C18H23N3O3. The maximum absolute atomic E-state index is 12.2. The third-order valence-corrected chi connectivity index (χ3v) is 3.99. The summed E-state index contributed by atoms with van der Waals surface area (Å²) in [7, 11) is 0. The lowest BCUT2D eigenvalue weighted by Crippen LogP contribution is -2.25. The molecule has 0 unspecified atom stereocenters. The Morgan fingerprint density at radius 1 is 1.46 bits per heavy atom. The molecule has 1 aromatic carbocycles. The molecule has 3 rings (SSSR count). The molecule has 1 N–H and O–H groups in total. The van der Waals surface area contributed by atoms with Gasteiger partial charge in [-0.25, -0.2) is 4.98 Å². The van der Waals surface area contributed by atoms with Gasteiger partial charge in [0.25, 0.3) is 5.91 Å². The van der Waals surface area contributed by atoms with Crippen LogP contribution in [0.4, 0.5) is 0 Å². The zero-order valence-electron chi connectivity index (χ0n) is 13.7. The van der Waals surface area contributed by atoms with E-state index in [9.17, 15) is 4.79 Å². The van der Waals surface area contributed by atoms with Gasteiger partial charge < -0.3 is 19.4 Å². The number of rotatable bonds is 8. The van der Waals surface area contributed by atoms with E-state index >= 15 is 0 Å². The van der Waals surface area contributed by atoms with E-state index in [1.54, 1.807) is 24.7 Å². The second-order valence-corrected chi connectivity index (χ2v) is 5.88. The summed E-state index contributed by atoms with van der Waals surface area (Å²) in [6.45, 7) is 2.81. The van der Waals surface area contributed by atoms with Gasteiger partial charge in [0.1, 0.15) is 12.4 Å². The van der Waals surface area contributed by atoms with Crippen molar-refractivity contribution in [3.63, 3.8) is 0 Å². The van der Waals surface area contributed by atoms with E-state index in [0.717, 1.165) is 32.4 Å². The molecule has 0 aliphatic carbocycles. The van der Waals surface area contributed by atoms with Crippen molar-refractivity contribution in [2.45, 2.75) is 31.9 Å². The molecule has 0 spiro atoms. The van der Waals surface area contributed by atoms with E-state index in [1.807, 2.05) is 22.9 Å². The molecule has 0 radical (unpaired) electrons. The zero-order chi connectivity index (χ0) is 16.6. The highest BCUT2D eigenvalue weighted by atomic mass is 16.5. The molecule has 128 valence electrons. The number of benzene rings is 1. The molecule has 1 aromatic heterocycles. The summed E-state index contributed by atoms with van der Waals surface area (Å²) in [4.78, 5) is 16.2. The SMILES string of the molecule is O=C(NCCCn1ccnc1)c1cccc(OC[C@H]2CCCO2)c1. The second-order valence-electron chi connectivity index (χ2n) is 5.88. The van der Waals surface area contributed by atoms with E-state index < -0.39 is 0 Å². The Kier molecular flexibility index (Phi) is 5.85. The largest absolute Gasteiger partial charge is 0.491 e. The predicted molar refractivity (Wildman–Crippen MR) is 90.1 cm³/mol. The molecule has 0 bridgehead atoms. The van der Waals surface area contributed by atoms with Crippen LogP contribution in [0.5, 0.6) is 5.75 Å². The number of nitrogens with one attached hydrogen (secondary N) is 1. The average Bonchev–Trinajstić information content (AvgIpc) is 3.30. The quantitative estimate of drug-likeness (QED) is 0.755. The summed E-state index contributed by atoms with van der Waals surface area (Å²) in [6, 6.07) is 7.28. The molecule has 0 saturated carbocycles. The average molecular weight is 329 g/mol. The third kappa shape index (κ3) is 4.83. The monoisotopic (exact) mass is 329 g/mol. The molecule has 6 heteroatoms.